The van der Waals surface area contributed by atoms with Crippen LogP contribution in [-0.4, -0.2) is 12.1 Å². The van der Waals surface area contributed by atoms with Crippen LogP contribution >= 0.6 is 11.3 Å². The predicted molar refractivity (Wildman–Crippen MR) is 65.7 cm³/mol. The van der Waals surface area contributed by atoms with Crippen LogP contribution < -0.4 is 10.5 Å². The summed E-state index contributed by atoms with van der Waals surface area (Å²) in [6.45, 7) is 0. The third-order valence-electron chi connectivity index (χ3n) is 2.37. The highest BCUT2D eigenvalue weighted by molar-refractivity contribution is 7.10. The Morgan fingerprint density at radius 2 is 2.31 bits per heavy atom. The molecule has 0 aromatic carbocycles. The average molecular weight is 234 g/mol. The van der Waals surface area contributed by atoms with E-state index < -0.39 is 0 Å². The van der Waals surface area contributed by atoms with Gasteiger partial charge in [-0.25, -0.2) is 4.98 Å². The quantitative estimate of drug-likeness (QED) is 0.883. The van der Waals surface area contributed by atoms with Crippen LogP contribution in [0.3, 0.4) is 0 Å². The Hall–Kier alpha value is -1.39. The van der Waals surface area contributed by atoms with Crippen molar-refractivity contribution >= 4 is 11.3 Å². The van der Waals surface area contributed by atoms with E-state index >= 15 is 0 Å². The van der Waals surface area contributed by atoms with E-state index in [0.29, 0.717) is 5.88 Å². The number of pyridine rings is 1. The molecule has 2 aromatic rings. The van der Waals surface area contributed by atoms with Gasteiger partial charge in [-0.05, 0) is 23.4 Å². The van der Waals surface area contributed by atoms with Crippen LogP contribution in [0.1, 0.15) is 16.5 Å². The van der Waals surface area contributed by atoms with Gasteiger partial charge in [-0.1, -0.05) is 12.1 Å². The minimum absolute atomic E-state index is 0.0511. The first-order valence-corrected chi connectivity index (χ1v) is 5.95. The molecule has 0 aliphatic carbocycles. The molecule has 0 saturated carbocycles. The van der Waals surface area contributed by atoms with Crippen LogP contribution in [-0.2, 0) is 6.42 Å². The van der Waals surface area contributed by atoms with Crippen molar-refractivity contribution in [2.75, 3.05) is 7.11 Å². The maximum absolute atomic E-state index is 6.09. The monoisotopic (exact) mass is 234 g/mol. The highest BCUT2D eigenvalue weighted by atomic mass is 32.1. The Kier molecular flexibility index (Phi) is 3.54. The molecule has 0 aliphatic heterocycles. The molecule has 2 rings (SSSR count). The first-order chi connectivity index (χ1) is 7.79. The second-order valence-electron chi connectivity index (χ2n) is 3.53. The van der Waals surface area contributed by atoms with Crippen molar-refractivity contribution in [1.82, 2.24) is 4.98 Å². The third-order valence-corrected chi connectivity index (χ3v) is 3.38. The molecule has 16 heavy (non-hydrogen) atoms. The fraction of sp³-hybridized carbons (Fsp3) is 0.250. The van der Waals surface area contributed by atoms with Gasteiger partial charge in [0.2, 0.25) is 5.88 Å². The normalized spacial score (nSPS) is 12.4. The summed E-state index contributed by atoms with van der Waals surface area (Å²) >= 11 is 1.69. The summed E-state index contributed by atoms with van der Waals surface area (Å²) in [6.07, 6.45) is 2.61. The summed E-state index contributed by atoms with van der Waals surface area (Å²) in [5, 5.41) is 2.04. The molecule has 3 nitrogen and oxygen atoms in total. The van der Waals surface area contributed by atoms with Crippen molar-refractivity contribution in [3.05, 3.63) is 46.3 Å². The Morgan fingerprint density at radius 1 is 1.44 bits per heavy atom. The molecule has 0 aliphatic rings. The molecule has 2 N–H and O–H groups in total. The van der Waals surface area contributed by atoms with Crippen molar-refractivity contribution in [1.29, 1.82) is 0 Å². The highest BCUT2D eigenvalue weighted by Crippen LogP contribution is 2.20. The van der Waals surface area contributed by atoms with Crippen molar-refractivity contribution in [3.8, 4) is 5.88 Å². The number of aromatic nitrogens is 1. The van der Waals surface area contributed by atoms with Gasteiger partial charge >= 0.3 is 0 Å². The van der Waals surface area contributed by atoms with E-state index in [-0.39, 0.29) is 6.04 Å². The molecule has 84 valence electrons. The van der Waals surface area contributed by atoms with E-state index in [1.165, 1.54) is 4.88 Å². The summed E-state index contributed by atoms with van der Waals surface area (Å²) in [4.78, 5) is 5.36. The zero-order valence-electron chi connectivity index (χ0n) is 9.09. The van der Waals surface area contributed by atoms with Crippen LogP contribution in [0.4, 0.5) is 0 Å². The second-order valence-corrected chi connectivity index (χ2v) is 4.51. The number of ether oxygens (including phenoxy) is 1. The number of thiophene rings is 1. The molecule has 0 saturated heterocycles. The second kappa shape index (κ2) is 5.09. The van der Waals surface area contributed by atoms with Gasteiger partial charge in [-0.3, -0.25) is 0 Å². The first-order valence-electron chi connectivity index (χ1n) is 5.07. The van der Waals surface area contributed by atoms with E-state index in [0.717, 1.165) is 12.0 Å². The van der Waals surface area contributed by atoms with Gasteiger partial charge in [0, 0.05) is 23.2 Å². The fourth-order valence-corrected chi connectivity index (χ4v) is 2.24. The first kappa shape index (κ1) is 11.1. The number of nitrogens with zero attached hydrogens (tertiary/aromatic N) is 1. The largest absolute Gasteiger partial charge is 0.481 e. The Labute approximate surface area is 98.9 Å². The summed E-state index contributed by atoms with van der Waals surface area (Å²) < 4.78 is 5.01. The number of nitrogens with two attached hydrogens (primary N) is 1. The van der Waals surface area contributed by atoms with Gasteiger partial charge in [0.1, 0.15) is 0 Å². The predicted octanol–water partition coefficient (Wildman–Crippen LogP) is 2.39. The molecule has 0 spiro atoms. The van der Waals surface area contributed by atoms with Crippen molar-refractivity contribution in [2.45, 2.75) is 12.5 Å². The number of hydrogen-bond donors (Lipinski definition) is 1. The maximum atomic E-state index is 6.09. The topological polar surface area (TPSA) is 48.1 Å². The molecule has 0 amide bonds. The number of hydrogen-bond acceptors (Lipinski definition) is 4. The number of methoxy groups -OCH3 is 1. The standard InChI is InChI=1S/C12H14N2OS/c1-15-12-5-4-9(8-14-12)7-10(13)11-3-2-6-16-11/h2-6,8,10H,7,13H2,1H3. The van der Waals surface area contributed by atoms with Crippen LogP contribution in [0.25, 0.3) is 0 Å². The van der Waals surface area contributed by atoms with E-state index in [4.69, 9.17) is 10.5 Å². The number of rotatable bonds is 4. The van der Waals surface area contributed by atoms with Gasteiger partial charge < -0.3 is 10.5 Å². The van der Waals surface area contributed by atoms with Crippen LogP contribution in [0.2, 0.25) is 0 Å². The lowest BCUT2D eigenvalue weighted by atomic mass is 10.1. The molecule has 2 aromatic heterocycles. The van der Waals surface area contributed by atoms with E-state index in [1.54, 1.807) is 18.4 Å². The van der Waals surface area contributed by atoms with Gasteiger partial charge in [0.15, 0.2) is 0 Å². The molecule has 2 heterocycles. The summed E-state index contributed by atoms with van der Waals surface area (Å²) in [5.74, 6) is 0.633. The van der Waals surface area contributed by atoms with Crippen LogP contribution in [0, 0.1) is 0 Å². The molecule has 0 bridgehead atoms. The molecule has 0 fully saturated rings. The zero-order chi connectivity index (χ0) is 11.4. The Balaban J connectivity index is 2.03. The summed E-state index contributed by atoms with van der Waals surface area (Å²) in [5.41, 5.74) is 7.22. The molecular formula is C12H14N2OS. The van der Waals surface area contributed by atoms with Gasteiger partial charge in [0.25, 0.3) is 0 Å². The third kappa shape index (κ3) is 2.59. The lowest BCUT2D eigenvalue weighted by Gasteiger charge is -2.09. The molecule has 1 atom stereocenters. The molecular weight excluding hydrogens is 220 g/mol. The average Bonchev–Trinajstić information content (AvgIpc) is 2.83. The minimum atomic E-state index is 0.0511. The SMILES string of the molecule is COc1ccc(CC(N)c2cccs2)cn1. The van der Waals surface area contributed by atoms with E-state index in [1.807, 2.05) is 29.8 Å². The lowest BCUT2D eigenvalue weighted by molar-refractivity contribution is 0.397. The van der Waals surface area contributed by atoms with E-state index in [2.05, 4.69) is 11.1 Å². The van der Waals surface area contributed by atoms with E-state index in [9.17, 15) is 0 Å². The van der Waals surface area contributed by atoms with Gasteiger partial charge in [-0.15, -0.1) is 11.3 Å². The van der Waals surface area contributed by atoms with Crippen molar-refractivity contribution in [3.63, 3.8) is 0 Å². The summed E-state index contributed by atoms with van der Waals surface area (Å²) in [7, 11) is 1.61. The molecule has 0 radical (unpaired) electrons. The minimum Gasteiger partial charge on any atom is -0.481 e. The summed E-state index contributed by atoms with van der Waals surface area (Å²) in [6, 6.07) is 7.99. The lowest BCUT2D eigenvalue weighted by Crippen LogP contribution is -2.11. The maximum Gasteiger partial charge on any atom is 0.212 e. The van der Waals surface area contributed by atoms with Gasteiger partial charge in [0.05, 0.1) is 7.11 Å². The van der Waals surface area contributed by atoms with Crippen molar-refractivity contribution in [2.24, 2.45) is 5.73 Å². The Morgan fingerprint density at radius 3 is 2.88 bits per heavy atom. The Bertz CT molecular complexity index is 425. The molecule has 4 heteroatoms. The van der Waals surface area contributed by atoms with Crippen LogP contribution in [0.15, 0.2) is 35.8 Å². The van der Waals surface area contributed by atoms with Crippen LogP contribution in [0.5, 0.6) is 5.88 Å². The highest BCUT2D eigenvalue weighted by Gasteiger charge is 2.08. The van der Waals surface area contributed by atoms with Crippen molar-refractivity contribution < 1.29 is 4.74 Å². The molecule has 1 unspecified atom stereocenters. The zero-order valence-corrected chi connectivity index (χ0v) is 9.91. The fourth-order valence-electron chi connectivity index (χ4n) is 1.51. The smallest absolute Gasteiger partial charge is 0.212 e. The van der Waals surface area contributed by atoms with Gasteiger partial charge in [-0.2, -0.15) is 0 Å².